The summed E-state index contributed by atoms with van der Waals surface area (Å²) in [4.78, 5) is 27.1. The van der Waals surface area contributed by atoms with E-state index in [2.05, 4.69) is 19.9 Å². The van der Waals surface area contributed by atoms with Crippen LogP contribution in [0.15, 0.2) is 22.4 Å². The molecule has 6 nitrogen and oxygen atoms in total. The number of rotatable bonds is 7. The van der Waals surface area contributed by atoms with E-state index in [1.165, 1.54) is 0 Å². The smallest absolute Gasteiger partial charge is 0.433 e. The molecule has 0 saturated heterocycles. The van der Waals surface area contributed by atoms with Gasteiger partial charge in [0.2, 0.25) is 0 Å². The number of carboxylic acids is 1. The fourth-order valence-electron chi connectivity index (χ4n) is 2.58. The zero-order valence-corrected chi connectivity index (χ0v) is 22.0. The minimum absolute atomic E-state index is 0.139. The molecule has 0 radical (unpaired) electrons. The summed E-state index contributed by atoms with van der Waals surface area (Å²) < 4.78 is 79.9. The molecule has 2 aromatic heterocycles. The lowest BCUT2D eigenvalue weighted by Crippen LogP contribution is -2.22. The van der Waals surface area contributed by atoms with Gasteiger partial charge in [-0.1, -0.05) is 65.1 Å². The number of halogens is 6. The van der Waals surface area contributed by atoms with Crippen molar-refractivity contribution < 1.29 is 36.2 Å². The van der Waals surface area contributed by atoms with Crippen molar-refractivity contribution >= 4 is 29.5 Å². The molecule has 0 aliphatic heterocycles. The summed E-state index contributed by atoms with van der Waals surface area (Å²) in [5, 5.41) is 9.12. The van der Waals surface area contributed by atoms with Crippen LogP contribution in [0.25, 0.3) is 0 Å². The van der Waals surface area contributed by atoms with Crippen molar-refractivity contribution in [2.45, 2.75) is 75.0 Å². The summed E-state index contributed by atoms with van der Waals surface area (Å²) in [5.41, 5.74) is -3.43. The number of aromatic nitrogens is 4. The average Bonchev–Trinajstić information content (AvgIpc) is 2.70. The van der Waals surface area contributed by atoms with Crippen LogP contribution < -0.4 is 0 Å². The van der Waals surface area contributed by atoms with Crippen LogP contribution in [0.2, 0.25) is 0 Å². The molecule has 0 aliphatic carbocycles. The molecule has 0 atom stereocenters. The topological polar surface area (TPSA) is 88.9 Å². The van der Waals surface area contributed by atoms with Crippen LogP contribution in [0.1, 0.15) is 64.3 Å². The summed E-state index contributed by atoms with van der Waals surface area (Å²) >= 11 is 1.46. The Bertz CT molecular complexity index is 952. The Balaban J connectivity index is 2.26. The monoisotopic (exact) mass is 556 g/mol. The highest BCUT2D eigenvalue weighted by Crippen LogP contribution is 2.35. The molecule has 36 heavy (non-hydrogen) atoms. The van der Waals surface area contributed by atoms with E-state index in [0.29, 0.717) is 0 Å². The molecule has 0 aliphatic rings. The van der Waals surface area contributed by atoms with Gasteiger partial charge in [0.05, 0.1) is 17.3 Å². The lowest BCUT2D eigenvalue weighted by atomic mass is 9.91. The summed E-state index contributed by atoms with van der Waals surface area (Å²) in [5.74, 6) is -2.84. The van der Waals surface area contributed by atoms with Gasteiger partial charge in [-0.25, -0.2) is 19.9 Å². The largest absolute Gasteiger partial charge is 0.481 e. The molecule has 1 N–H and O–H groups in total. The van der Waals surface area contributed by atoms with Crippen molar-refractivity contribution in [3.63, 3.8) is 0 Å². The van der Waals surface area contributed by atoms with Crippen molar-refractivity contribution in [3.05, 3.63) is 34.9 Å². The standard InChI is InChI=1S/C22H26F6N4O2S2/c1-19(2,3)12-7-14(21(23,24)25)31-17(29-12)35-9-11(16(33)34)10-36-18-30-13(20(4,5)6)8-15(32-18)22(26,27)28/h7-8,11H,9-10H2,1-6H3,(H,33,34). The first-order valence-electron chi connectivity index (χ1n) is 10.6. The number of hydrogen-bond donors (Lipinski definition) is 1. The molecule has 14 heteroatoms. The van der Waals surface area contributed by atoms with Crippen LogP contribution in [0.4, 0.5) is 26.3 Å². The number of hydrogen-bond acceptors (Lipinski definition) is 7. The van der Waals surface area contributed by atoms with E-state index in [0.717, 1.165) is 35.7 Å². The predicted octanol–water partition coefficient (Wildman–Crippen LogP) is 6.48. The highest BCUT2D eigenvalue weighted by atomic mass is 32.2. The molecule has 200 valence electrons. The molecular weight excluding hydrogens is 530 g/mol. The van der Waals surface area contributed by atoms with Crippen LogP contribution in [-0.2, 0) is 28.0 Å². The second kappa shape index (κ2) is 10.7. The van der Waals surface area contributed by atoms with Gasteiger partial charge in [0.1, 0.15) is 11.4 Å². The van der Waals surface area contributed by atoms with Gasteiger partial charge in [-0.2, -0.15) is 26.3 Å². The van der Waals surface area contributed by atoms with Gasteiger partial charge < -0.3 is 5.11 Å². The number of alkyl halides is 6. The van der Waals surface area contributed by atoms with Crippen LogP contribution in [0.5, 0.6) is 0 Å². The van der Waals surface area contributed by atoms with Gasteiger partial charge >= 0.3 is 18.3 Å². The van der Waals surface area contributed by atoms with Crippen LogP contribution in [0.3, 0.4) is 0 Å². The molecule has 0 bridgehead atoms. The molecule has 0 saturated carbocycles. The van der Waals surface area contributed by atoms with Gasteiger partial charge in [-0.05, 0) is 12.1 Å². The minimum Gasteiger partial charge on any atom is -0.481 e. The molecular formula is C22H26F6N4O2S2. The molecule has 0 spiro atoms. The van der Waals surface area contributed by atoms with E-state index in [1.807, 2.05) is 0 Å². The number of aliphatic carboxylic acids is 1. The lowest BCUT2D eigenvalue weighted by molar-refractivity contribution is -0.142. The first-order valence-corrected chi connectivity index (χ1v) is 12.6. The summed E-state index contributed by atoms with van der Waals surface area (Å²) in [6, 6.07) is 1.71. The molecule has 0 aromatic carbocycles. The Hall–Kier alpha value is -2.09. The number of carboxylic acid groups (broad SMARTS) is 1. The van der Waals surface area contributed by atoms with E-state index in [1.54, 1.807) is 41.5 Å². The third kappa shape index (κ3) is 8.49. The summed E-state index contributed by atoms with van der Waals surface area (Å²) in [6.45, 7) is 10.1. The Kier molecular flexibility index (Phi) is 8.97. The van der Waals surface area contributed by atoms with Gasteiger partial charge in [0, 0.05) is 22.3 Å². The summed E-state index contributed by atoms with van der Waals surface area (Å²) in [7, 11) is 0. The van der Waals surface area contributed by atoms with Crippen LogP contribution in [0, 0.1) is 5.92 Å². The summed E-state index contributed by atoms with van der Waals surface area (Å²) in [6.07, 6.45) is -9.43. The van der Waals surface area contributed by atoms with Crippen molar-refractivity contribution in [1.82, 2.24) is 19.9 Å². The Labute approximate surface area is 213 Å². The Morgan fingerprint density at radius 3 is 1.28 bits per heavy atom. The Morgan fingerprint density at radius 2 is 1.03 bits per heavy atom. The maximum absolute atomic E-state index is 13.3. The molecule has 0 amide bonds. The zero-order chi connectivity index (χ0) is 27.7. The number of nitrogens with zero attached hydrogens (tertiary/aromatic N) is 4. The second-order valence-corrected chi connectivity index (χ2v) is 12.0. The molecule has 0 unspecified atom stereocenters. The lowest BCUT2D eigenvalue weighted by Gasteiger charge is -2.20. The van der Waals surface area contributed by atoms with Gasteiger partial charge in [-0.15, -0.1) is 0 Å². The van der Waals surface area contributed by atoms with Gasteiger partial charge in [0.25, 0.3) is 0 Å². The SMILES string of the molecule is CC(C)(C)c1cc(C(F)(F)F)nc(SCC(CSc2nc(C(C)(C)C)cc(C(F)(F)F)n2)C(=O)O)n1. The van der Waals surface area contributed by atoms with Gasteiger partial charge in [0.15, 0.2) is 10.3 Å². The third-order valence-electron chi connectivity index (χ3n) is 4.71. The maximum atomic E-state index is 13.3. The van der Waals surface area contributed by atoms with E-state index >= 15 is 0 Å². The van der Waals surface area contributed by atoms with E-state index in [-0.39, 0.29) is 33.2 Å². The van der Waals surface area contributed by atoms with Crippen molar-refractivity contribution in [2.75, 3.05) is 11.5 Å². The quantitative estimate of drug-likeness (QED) is 0.235. The highest BCUT2D eigenvalue weighted by molar-refractivity contribution is 8.00. The van der Waals surface area contributed by atoms with Crippen LogP contribution in [-0.4, -0.2) is 42.5 Å². The molecule has 2 aromatic rings. The van der Waals surface area contributed by atoms with Crippen molar-refractivity contribution in [1.29, 1.82) is 0 Å². The zero-order valence-electron chi connectivity index (χ0n) is 20.4. The van der Waals surface area contributed by atoms with E-state index in [9.17, 15) is 36.2 Å². The normalized spacial score (nSPS) is 13.4. The fourth-order valence-corrected chi connectivity index (χ4v) is 4.60. The fraction of sp³-hybridized carbons (Fsp3) is 0.591. The van der Waals surface area contributed by atoms with Gasteiger partial charge in [-0.3, -0.25) is 4.79 Å². The van der Waals surface area contributed by atoms with Crippen molar-refractivity contribution in [2.24, 2.45) is 5.92 Å². The average molecular weight is 557 g/mol. The number of carbonyl (C=O) groups is 1. The molecule has 2 rings (SSSR count). The second-order valence-electron chi connectivity index (χ2n) is 9.99. The molecule has 2 heterocycles. The molecule has 0 fully saturated rings. The van der Waals surface area contributed by atoms with E-state index in [4.69, 9.17) is 0 Å². The first kappa shape index (κ1) is 30.1. The maximum Gasteiger partial charge on any atom is 0.433 e. The Morgan fingerprint density at radius 1 is 0.722 bits per heavy atom. The van der Waals surface area contributed by atoms with E-state index < -0.39 is 46.5 Å². The first-order chi connectivity index (χ1) is 16.2. The van der Waals surface area contributed by atoms with Crippen molar-refractivity contribution in [3.8, 4) is 0 Å². The third-order valence-corrected chi connectivity index (χ3v) is 6.73. The predicted molar refractivity (Wildman–Crippen MR) is 124 cm³/mol. The highest BCUT2D eigenvalue weighted by Gasteiger charge is 2.36. The minimum atomic E-state index is -4.72. The van der Waals surface area contributed by atoms with Crippen LogP contribution >= 0.6 is 23.5 Å². The number of thioether (sulfide) groups is 2.